The van der Waals surface area contributed by atoms with E-state index in [4.69, 9.17) is 9.29 Å². The Hall–Kier alpha value is -1.27. The van der Waals surface area contributed by atoms with Crippen molar-refractivity contribution in [2.24, 2.45) is 92.7 Å². The van der Waals surface area contributed by atoms with Crippen molar-refractivity contribution in [3.63, 3.8) is 0 Å². The molecule has 20 atom stereocenters. The van der Waals surface area contributed by atoms with Crippen molar-refractivity contribution in [3.05, 3.63) is 0 Å². The van der Waals surface area contributed by atoms with Crippen LogP contribution in [0.1, 0.15) is 170 Å². The van der Waals surface area contributed by atoms with Gasteiger partial charge in [-0.1, -0.05) is 41.5 Å². The first-order chi connectivity index (χ1) is 28.7. The number of nitrogens with one attached hydrogen (secondary N) is 1. The van der Waals surface area contributed by atoms with Crippen LogP contribution in [0.15, 0.2) is 0 Å². The number of carbonyl (C=O) groups excluding carboxylic acids is 2. The zero-order valence-electron chi connectivity index (χ0n) is 38.5. The van der Waals surface area contributed by atoms with Crippen molar-refractivity contribution >= 4 is 22.0 Å². The van der Waals surface area contributed by atoms with Gasteiger partial charge in [0.2, 0.25) is 5.91 Å². The lowest BCUT2D eigenvalue weighted by atomic mass is 9.43. The molecule has 11 heteroatoms. The summed E-state index contributed by atoms with van der Waals surface area (Å²) >= 11 is 0. The van der Waals surface area contributed by atoms with Gasteiger partial charge in [0.25, 0.3) is 10.1 Å². The minimum Gasteiger partial charge on any atom is -0.462 e. The fourth-order valence-electron chi connectivity index (χ4n) is 18.2. The second-order valence-electron chi connectivity index (χ2n) is 24.0. The lowest BCUT2D eigenvalue weighted by molar-refractivity contribution is -0.183. The van der Waals surface area contributed by atoms with Crippen LogP contribution in [-0.2, 0) is 24.4 Å². The van der Waals surface area contributed by atoms with Crippen LogP contribution in [0.2, 0.25) is 0 Å². The number of aliphatic hydroxyl groups is 3. The van der Waals surface area contributed by atoms with Crippen LogP contribution in [-0.4, -0.2) is 76.9 Å². The van der Waals surface area contributed by atoms with Gasteiger partial charge in [-0.25, -0.2) is 0 Å². The molecule has 0 saturated heterocycles. The summed E-state index contributed by atoms with van der Waals surface area (Å²) < 4.78 is 37.4. The molecule has 10 nitrogen and oxygen atoms in total. The number of carbonyl (C=O) groups is 2. The van der Waals surface area contributed by atoms with Gasteiger partial charge in [-0.05, 0) is 208 Å². The molecule has 0 aliphatic heterocycles. The predicted octanol–water partition coefficient (Wildman–Crippen LogP) is 8.36. The highest BCUT2D eigenvalue weighted by molar-refractivity contribution is 7.85. The average molecular weight is 874 g/mol. The molecule has 0 heterocycles. The molecule has 0 spiro atoms. The normalized spacial score (nSPS) is 48.9. The first-order valence-corrected chi connectivity index (χ1v) is 26.7. The third-order valence-electron chi connectivity index (χ3n) is 21.4. The van der Waals surface area contributed by atoms with Gasteiger partial charge in [-0.3, -0.25) is 14.1 Å². The zero-order valence-corrected chi connectivity index (χ0v) is 39.3. The lowest BCUT2D eigenvalue weighted by Gasteiger charge is -2.62. The van der Waals surface area contributed by atoms with Gasteiger partial charge in [0.05, 0.1) is 24.1 Å². The van der Waals surface area contributed by atoms with E-state index in [-0.39, 0.29) is 70.4 Å². The predicted molar refractivity (Wildman–Crippen MR) is 235 cm³/mol. The number of amides is 1. The third kappa shape index (κ3) is 8.43. The van der Waals surface area contributed by atoms with Gasteiger partial charge in [0, 0.05) is 19.4 Å². The molecule has 0 aromatic heterocycles. The monoisotopic (exact) mass is 874 g/mol. The maximum Gasteiger partial charge on any atom is 0.306 e. The van der Waals surface area contributed by atoms with E-state index < -0.39 is 15.9 Å². The van der Waals surface area contributed by atoms with Crippen LogP contribution in [0.5, 0.6) is 0 Å². The van der Waals surface area contributed by atoms with Crippen LogP contribution >= 0.6 is 0 Å². The number of esters is 1. The number of rotatable bonds is 12. The van der Waals surface area contributed by atoms with Crippen molar-refractivity contribution < 1.29 is 42.6 Å². The molecule has 8 rings (SSSR count). The summed E-state index contributed by atoms with van der Waals surface area (Å²) in [4.78, 5) is 26.1. The first-order valence-electron chi connectivity index (χ1n) is 25.1. The molecular weight excluding hydrogens is 791 g/mol. The van der Waals surface area contributed by atoms with Gasteiger partial charge in [0.15, 0.2) is 0 Å². The number of hydrogen-bond donors (Lipinski definition) is 5. The van der Waals surface area contributed by atoms with Gasteiger partial charge in [0.1, 0.15) is 6.10 Å². The van der Waals surface area contributed by atoms with E-state index in [1.165, 1.54) is 25.7 Å². The molecule has 0 aromatic carbocycles. The van der Waals surface area contributed by atoms with E-state index in [0.29, 0.717) is 77.9 Å². The molecule has 8 aliphatic carbocycles. The zero-order chi connectivity index (χ0) is 43.9. The fraction of sp³-hybridized carbons (Fsp3) is 0.960. The summed E-state index contributed by atoms with van der Waals surface area (Å²) in [6.45, 7) is 14.5. The molecule has 0 aromatic rings. The average Bonchev–Trinajstić information content (AvgIpc) is 3.73. The Morgan fingerprint density at radius 3 is 1.66 bits per heavy atom. The Labute approximate surface area is 368 Å². The summed E-state index contributed by atoms with van der Waals surface area (Å²) in [7, 11) is -4.10. The van der Waals surface area contributed by atoms with E-state index in [2.05, 4.69) is 46.9 Å². The van der Waals surface area contributed by atoms with E-state index in [9.17, 15) is 33.3 Å². The molecule has 5 N–H and O–H groups in total. The Balaban J connectivity index is 0.817. The molecule has 0 bridgehead atoms. The molecule has 8 fully saturated rings. The second kappa shape index (κ2) is 17.2. The molecule has 2 unspecified atom stereocenters. The third-order valence-corrected chi connectivity index (χ3v) is 22.1. The van der Waals surface area contributed by atoms with Gasteiger partial charge in [-0.15, -0.1) is 0 Å². The Kier molecular flexibility index (Phi) is 13.0. The summed E-state index contributed by atoms with van der Waals surface area (Å²) in [5.41, 5.74) is 0.669. The van der Waals surface area contributed by atoms with Crippen LogP contribution in [0, 0.1) is 92.7 Å². The van der Waals surface area contributed by atoms with Crippen molar-refractivity contribution in [1.29, 1.82) is 0 Å². The van der Waals surface area contributed by atoms with E-state index in [1.54, 1.807) is 0 Å². The van der Waals surface area contributed by atoms with E-state index in [0.717, 1.165) is 89.9 Å². The van der Waals surface area contributed by atoms with E-state index >= 15 is 0 Å². The quantitative estimate of drug-likeness (QED) is 0.0956. The maximum absolute atomic E-state index is 13.6. The second-order valence-corrected chi connectivity index (χ2v) is 25.6. The van der Waals surface area contributed by atoms with Crippen LogP contribution in [0.25, 0.3) is 0 Å². The minimum atomic E-state index is -4.10. The summed E-state index contributed by atoms with van der Waals surface area (Å²) in [6, 6.07) is 0. The van der Waals surface area contributed by atoms with Crippen molar-refractivity contribution in [1.82, 2.24) is 5.32 Å². The Morgan fingerprint density at radius 2 is 1.11 bits per heavy atom. The van der Waals surface area contributed by atoms with E-state index in [1.807, 2.05) is 0 Å². The minimum absolute atomic E-state index is 0.0608. The molecule has 1 amide bonds. The molecule has 0 radical (unpaired) electrons. The van der Waals surface area contributed by atoms with Crippen molar-refractivity contribution in [2.75, 3.05) is 12.3 Å². The van der Waals surface area contributed by atoms with Gasteiger partial charge in [-0.2, -0.15) is 8.42 Å². The van der Waals surface area contributed by atoms with Crippen LogP contribution in [0.3, 0.4) is 0 Å². The number of ether oxygens (including phenoxy) is 1. The van der Waals surface area contributed by atoms with Gasteiger partial charge < -0.3 is 25.4 Å². The fourth-order valence-corrected chi connectivity index (χ4v) is 18.6. The van der Waals surface area contributed by atoms with Crippen LogP contribution < -0.4 is 5.32 Å². The summed E-state index contributed by atoms with van der Waals surface area (Å²) in [5.74, 6) is 4.46. The standard InChI is InChI=1S/C50H83NO9S/c1-29(7-13-43(55)51-23-24-61(57,58)59)35-9-11-38-46-40(18-22-49(35,38)5)48(4)20-16-34(26-32(48)28-42(46)54)60-44(56)14-8-30(2)36-10-12-37-45-39(17-21-50(36,37)6)47(3)19-15-33(52)25-31(47)27-41(45)53/h29-42,45-46,52-54H,7-28H2,1-6H3,(H,51,55)(H,57,58,59)/t29-,30-,31?,32?,33-,34-,35-,36-,37+,38+,39+,40+,41+,42+,45+,46+,47+,48+,49-,50-/m1/s1. The van der Waals surface area contributed by atoms with Gasteiger partial charge >= 0.3 is 5.97 Å². The topological polar surface area (TPSA) is 170 Å². The van der Waals surface area contributed by atoms with Crippen molar-refractivity contribution in [2.45, 2.75) is 194 Å². The first kappa shape index (κ1) is 46.3. The van der Waals surface area contributed by atoms with Crippen LogP contribution in [0.4, 0.5) is 0 Å². The highest BCUT2D eigenvalue weighted by atomic mass is 32.2. The molecule has 348 valence electrons. The van der Waals surface area contributed by atoms with Crippen molar-refractivity contribution in [3.8, 4) is 0 Å². The molecular formula is C50H83NO9S. The molecule has 8 saturated carbocycles. The highest BCUT2D eigenvalue weighted by Crippen LogP contribution is 2.70. The summed E-state index contributed by atoms with van der Waals surface area (Å²) in [6.07, 6.45) is 17.9. The summed E-state index contributed by atoms with van der Waals surface area (Å²) in [5, 5.41) is 36.8. The smallest absolute Gasteiger partial charge is 0.306 e. The lowest BCUT2D eigenvalue weighted by Crippen LogP contribution is -2.58. The number of fused-ring (bicyclic) bond motifs is 10. The Bertz CT molecular complexity index is 1720. The molecule has 8 aliphatic rings. The largest absolute Gasteiger partial charge is 0.462 e. The SMILES string of the molecule is C[C@H](CCC(=O)O[C@@H]1CC[C@@]2(C)C(C1)C[C@H](O)[C@H]1[C@@H]3CC[C@H]([C@H](C)CCC(=O)NCCS(=O)(=O)O)[C@@]3(C)CC[C@@H]12)[C@H]1CC[C@H]2[C@@H]3[C@@H](O)CC4C[C@H](O)CC[C@]4(C)[C@H]3CC[C@]12C. The Morgan fingerprint density at radius 1 is 0.639 bits per heavy atom. The highest BCUT2D eigenvalue weighted by Gasteiger charge is 2.65. The molecule has 61 heavy (non-hydrogen) atoms. The maximum atomic E-state index is 13.6. The number of hydrogen-bond acceptors (Lipinski definition) is 8. The number of aliphatic hydroxyl groups excluding tert-OH is 3.